The highest BCUT2D eigenvalue weighted by Crippen LogP contribution is 2.31. The second-order valence-corrected chi connectivity index (χ2v) is 9.15. The van der Waals surface area contributed by atoms with E-state index < -0.39 is 10.0 Å². The molecule has 0 saturated heterocycles. The van der Waals surface area contributed by atoms with Crippen LogP contribution in [-0.2, 0) is 23.0 Å². The van der Waals surface area contributed by atoms with Crippen LogP contribution in [0, 0.1) is 6.92 Å². The number of rotatable bonds is 7. The fraction of sp³-hybridized carbons (Fsp3) is 0.190. The van der Waals surface area contributed by atoms with E-state index in [4.69, 9.17) is 23.2 Å². The molecule has 1 aromatic heterocycles. The molecule has 0 spiro atoms. The van der Waals surface area contributed by atoms with E-state index in [0.29, 0.717) is 29.2 Å². The van der Waals surface area contributed by atoms with Crippen LogP contribution in [0.4, 0.5) is 0 Å². The number of hydrogen-bond donors (Lipinski definition) is 0. The van der Waals surface area contributed by atoms with Gasteiger partial charge in [-0.15, -0.1) is 0 Å². The lowest BCUT2D eigenvalue weighted by Gasteiger charge is -2.23. The van der Waals surface area contributed by atoms with Crippen LogP contribution < -0.4 is 0 Å². The van der Waals surface area contributed by atoms with E-state index in [1.165, 1.54) is 16.4 Å². The van der Waals surface area contributed by atoms with Crippen molar-refractivity contribution in [2.45, 2.75) is 24.8 Å². The maximum Gasteiger partial charge on any atom is 0.244 e. The largest absolute Gasteiger partial charge is 0.260 e. The van der Waals surface area contributed by atoms with E-state index >= 15 is 0 Å². The molecule has 0 radical (unpaired) electrons. The summed E-state index contributed by atoms with van der Waals surface area (Å²) in [6.07, 6.45) is 2.23. The first-order valence-electron chi connectivity index (χ1n) is 8.77. The molecule has 0 saturated carbocycles. The molecule has 1 heterocycles. The summed E-state index contributed by atoms with van der Waals surface area (Å²) in [5.41, 5.74) is 2.38. The van der Waals surface area contributed by atoms with Gasteiger partial charge in [-0.25, -0.2) is 8.42 Å². The smallest absolute Gasteiger partial charge is 0.244 e. The Bertz CT molecular complexity index is 1040. The highest BCUT2D eigenvalue weighted by atomic mass is 35.5. The molecule has 2 aromatic carbocycles. The molecule has 0 aliphatic rings. The SMILES string of the molecule is Cc1cc(S(=O)(=O)N(CCc2ccccc2)Cc2ccccn2)c(Cl)cc1Cl. The molecule has 0 amide bonds. The molecule has 0 aliphatic carbocycles. The Balaban J connectivity index is 1.95. The molecule has 0 unspecified atom stereocenters. The van der Waals surface area contributed by atoms with Gasteiger partial charge in [0.15, 0.2) is 0 Å². The number of halogens is 2. The third-order valence-electron chi connectivity index (χ3n) is 4.39. The molecule has 3 aromatic rings. The van der Waals surface area contributed by atoms with Crippen molar-refractivity contribution in [3.05, 3.63) is 93.7 Å². The monoisotopic (exact) mass is 434 g/mol. The summed E-state index contributed by atoms with van der Waals surface area (Å²) < 4.78 is 28.2. The van der Waals surface area contributed by atoms with E-state index in [1.54, 1.807) is 25.3 Å². The Morgan fingerprint density at radius 2 is 1.68 bits per heavy atom. The van der Waals surface area contributed by atoms with Gasteiger partial charge in [-0.1, -0.05) is 59.6 Å². The molecule has 3 rings (SSSR count). The Labute approximate surface area is 175 Å². The van der Waals surface area contributed by atoms with Gasteiger partial charge < -0.3 is 0 Å². The summed E-state index contributed by atoms with van der Waals surface area (Å²) in [5, 5.41) is 0.547. The predicted octanol–water partition coefficient (Wildman–Crippen LogP) is 5.13. The minimum atomic E-state index is -3.84. The van der Waals surface area contributed by atoms with Crippen molar-refractivity contribution >= 4 is 33.2 Å². The first kappa shape index (κ1) is 20.8. The van der Waals surface area contributed by atoms with E-state index in [9.17, 15) is 8.42 Å². The number of pyridine rings is 1. The molecule has 0 bridgehead atoms. The molecule has 0 N–H and O–H groups in total. The summed E-state index contributed by atoms with van der Waals surface area (Å²) >= 11 is 12.3. The van der Waals surface area contributed by atoms with Gasteiger partial charge in [0.1, 0.15) is 4.90 Å². The number of hydrogen-bond acceptors (Lipinski definition) is 3. The van der Waals surface area contributed by atoms with E-state index in [-0.39, 0.29) is 16.5 Å². The van der Waals surface area contributed by atoms with Crippen molar-refractivity contribution in [1.29, 1.82) is 0 Å². The van der Waals surface area contributed by atoms with Crippen LogP contribution in [0.5, 0.6) is 0 Å². The lowest BCUT2D eigenvalue weighted by Crippen LogP contribution is -2.33. The van der Waals surface area contributed by atoms with Crippen molar-refractivity contribution < 1.29 is 8.42 Å². The van der Waals surface area contributed by atoms with Gasteiger partial charge in [0.05, 0.1) is 17.3 Å². The lowest BCUT2D eigenvalue weighted by molar-refractivity contribution is 0.405. The maximum absolute atomic E-state index is 13.4. The molecule has 4 nitrogen and oxygen atoms in total. The van der Waals surface area contributed by atoms with Crippen LogP contribution in [0.3, 0.4) is 0 Å². The first-order valence-corrected chi connectivity index (χ1v) is 11.0. The predicted molar refractivity (Wildman–Crippen MR) is 113 cm³/mol. The normalized spacial score (nSPS) is 11.7. The highest BCUT2D eigenvalue weighted by molar-refractivity contribution is 7.89. The zero-order chi connectivity index (χ0) is 20.1. The summed E-state index contributed by atoms with van der Waals surface area (Å²) in [6.45, 7) is 2.22. The maximum atomic E-state index is 13.4. The van der Waals surface area contributed by atoms with Gasteiger partial charge in [0.2, 0.25) is 10.0 Å². The zero-order valence-electron chi connectivity index (χ0n) is 15.3. The highest BCUT2D eigenvalue weighted by Gasteiger charge is 2.28. The molecule has 0 atom stereocenters. The van der Waals surface area contributed by atoms with Crippen molar-refractivity contribution in [3.8, 4) is 0 Å². The number of sulfonamides is 1. The number of aryl methyl sites for hydroxylation is 1. The summed E-state index contributed by atoms with van der Waals surface area (Å²) in [7, 11) is -3.84. The Kier molecular flexibility index (Phi) is 6.73. The average molecular weight is 435 g/mol. The number of nitrogens with zero attached hydrogens (tertiary/aromatic N) is 2. The van der Waals surface area contributed by atoms with Crippen LogP contribution >= 0.6 is 23.2 Å². The molecule has 0 fully saturated rings. The summed E-state index contributed by atoms with van der Waals surface area (Å²) in [4.78, 5) is 4.33. The molecule has 146 valence electrons. The van der Waals surface area contributed by atoms with Gasteiger partial charge in [0, 0.05) is 17.8 Å². The van der Waals surface area contributed by atoms with E-state index in [2.05, 4.69) is 4.98 Å². The average Bonchev–Trinajstić information content (AvgIpc) is 2.69. The van der Waals surface area contributed by atoms with E-state index in [1.807, 2.05) is 36.4 Å². The van der Waals surface area contributed by atoms with Crippen LogP contribution in [0.15, 0.2) is 71.8 Å². The van der Waals surface area contributed by atoms with Crippen molar-refractivity contribution in [2.75, 3.05) is 6.54 Å². The molecule has 28 heavy (non-hydrogen) atoms. The quantitative estimate of drug-likeness (QED) is 0.517. The van der Waals surface area contributed by atoms with Gasteiger partial charge in [-0.05, 0) is 48.7 Å². The summed E-state index contributed by atoms with van der Waals surface area (Å²) in [5.74, 6) is 0. The van der Waals surface area contributed by atoms with E-state index in [0.717, 1.165) is 5.56 Å². The Morgan fingerprint density at radius 3 is 2.36 bits per heavy atom. The van der Waals surface area contributed by atoms with Gasteiger partial charge in [0.25, 0.3) is 0 Å². The van der Waals surface area contributed by atoms with Crippen LogP contribution in [0.1, 0.15) is 16.8 Å². The number of benzene rings is 2. The molecular weight excluding hydrogens is 415 g/mol. The second kappa shape index (κ2) is 9.05. The van der Waals surface area contributed by atoms with Gasteiger partial charge in [-0.2, -0.15) is 4.31 Å². The van der Waals surface area contributed by atoms with Crippen molar-refractivity contribution in [1.82, 2.24) is 9.29 Å². The van der Waals surface area contributed by atoms with Crippen LogP contribution in [0.2, 0.25) is 10.0 Å². The van der Waals surface area contributed by atoms with Crippen molar-refractivity contribution in [3.63, 3.8) is 0 Å². The van der Waals surface area contributed by atoms with Crippen LogP contribution in [0.25, 0.3) is 0 Å². The number of aromatic nitrogens is 1. The zero-order valence-corrected chi connectivity index (χ0v) is 17.7. The lowest BCUT2D eigenvalue weighted by atomic mass is 10.1. The minimum Gasteiger partial charge on any atom is -0.260 e. The van der Waals surface area contributed by atoms with Crippen molar-refractivity contribution in [2.24, 2.45) is 0 Å². The molecule has 0 aliphatic heterocycles. The Morgan fingerprint density at radius 1 is 0.964 bits per heavy atom. The third-order valence-corrected chi connectivity index (χ3v) is 7.11. The van der Waals surface area contributed by atoms with Gasteiger partial charge in [-0.3, -0.25) is 4.98 Å². The summed E-state index contributed by atoms with van der Waals surface area (Å²) in [6, 6.07) is 18.2. The third kappa shape index (κ3) is 4.92. The fourth-order valence-electron chi connectivity index (χ4n) is 2.82. The minimum absolute atomic E-state index is 0.0556. The molecular formula is C21H20Cl2N2O2S. The first-order chi connectivity index (χ1) is 13.4. The Hall–Kier alpha value is -1.92. The fourth-order valence-corrected chi connectivity index (χ4v) is 5.04. The standard InChI is InChI=1S/C21H20Cl2N2O2S/c1-16-13-21(20(23)14-19(16)22)28(26,27)25(15-18-9-5-6-11-24-18)12-10-17-7-3-2-4-8-17/h2-9,11,13-14H,10,12,15H2,1H3. The topological polar surface area (TPSA) is 50.3 Å². The molecule has 7 heteroatoms. The second-order valence-electron chi connectivity index (χ2n) is 6.43. The van der Waals surface area contributed by atoms with Gasteiger partial charge >= 0.3 is 0 Å². The van der Waals surface area contributed by atoms with Crippen LogP contribution in [-0.4, -0.2) is 24.3 Å².